The zero-order valence-corrected chi connectivity index (χ0v) is 16.0. The van der Waals surface area contributed by atoms with Gasteiger partial charge in [-0.1, -0.05) is 34.1 Å². The van der Waals surface area contributed by atoms with E-state index in [0.29, 0.717) is 19.8 Å². The quantitative estimate of drug-likeness (QED) is 0.812. The van der Waals surface area contributed by atoms with E-state index >= 15 is 0 Å². The first-order chi connectivity index (χ1) is 12.7. The molecule has 0 saturated carbocycles. The molecular weight excluding hydrogens is 396 g/mol. The number of halogens is 1. The van der Waals surface area contributed by atoms with Gasteiger partial charge in [0.1, 0.15) is 13.2 Å². The molecule has 4 rings (SSSR count). The topological polar surface area (TPSA) is 50.8 Å². The van der Waals surface area contributed by atoms with Crippen molar-refractivity contribution < 1.29 is 14.3 Å². The van der Waals surface area contributed by atoms with E-state index in [2.05, 4.69) is 21.2 Å². The Morgan fingerprint density at radius 3 is 2.85 bits per heavy atom. The van der Waals surface area contributed by atoms with Crippen molar-refractivity contribution in [3.8, 4) is 11.5 Å². The van der Waals surface area contributed by atoms with Crippen LogP contribution >= 0.6 is 15.9 Å². The van der Waals surface area contributed by atoms with Gasteiger partial charge in [0.2, 0.25) is 0 Å². The van der Waals surface area contributed by atoms with Gasteiger partial charge in [-0.25, -0.2) is 4.79 Å². The molecule has 26 heavy (non-hydrogen) atoms. The Morgan fingerprint density at radius 2 is 2.00 bits per heavy atom. The second kappa shape index (κ2) is 7.58. The third-order valence-electron chi connectivity index (χ3n) is 4.80. The third-order valence-corrected chi connectivity index (χ3v) is 5.29. The smallest absolute Gasteiger partial charge is 0.318 e. The number of urea groups is 1. The van der Waals surface area contributed by atoms with Crippen LogP contribution in [0.1, 0.15) is 30.0 Å². The van der Waals surface area contributed by atoms with Crippen molar-refractivity contribution in [2.45, 2.75) is 25.4 Å². The number of likely N-dealkylation sites (tertiary alicyclic amines) is 1. The molecule has 1 atom stereocenters. The highest BCUT2D eigenvalue weighted by atomic mass is 79.9. The molecule has 1 fully saturated rings. The Kier molecular flexibility index (Phi) is 5.02. The molecular formula is C20H21BrN2O3. The number of carbonyl (C=O) groups excluding carboxylic acids is 1. The molecule has 2 aromatic carbocycles. The maximum atomic E-state index is 12.7. The van der Waals surface area contributed by atoms with Gasteiger partial charge in [0.15, 0.2) is 11.5 Å². The molecule has 6 heteroatoms. The Balaban J connectivity index is 1.45. The van der Waals surface area contributed by atoms with E-state index < -0.39 is 0 Å². The van der Waals surface area contributed by atoms with E-state index in [1.165, 1.54) is 0 Å². The number of nitrogens with one attached hydrogen (secondary N) is 1. The summed E-state index contributed by atoms with van der Waals surface area (Å²) in [6.07, 6.45) is 1.97. The predicted octanol–water partition coefficient (Wildman–Crippen LogP) is 4.27. The largest absolute Gasteiger partial charge is 0.486 e. The van der Waals surface area contributed by atoms with Gasteiger partial charge < -0.3 is 19.7 Å². The van der Waals surface area contributed by atoms with Gasteiger partial charge in [-0.2, -0.15) is 0 Å². The average Bonchev–Trinajstić information content (AvgIpc) is 3.16. The molecule has 1 N–H and O–H groups in total. The number of hydrogen-bond acceptors (Lipinski definition) is 3. The molecule has 2 heterocycles. The standard InChI is InChI=1S/C20H21BrN2O3/c21-16-4-1-3-14(11-16)13-22-20(24)23-8-2-5-17(23)15-6-7-18-19(12-15)26-10-9-25-18/h1,3-4,6-7,11-12,17H,2,5,8-10,13H2,(H,22,24). The number of nitrogens with zero attached hydrogens (tertiary/aromatic N) is 1. The van der Waals surface area contributed by atoms with E-state index in [-0.39, 0.29) is 12.1 Å². The van der Waals surface area contributed by atoms with Crippen LogP contribution in [0.2, 0.25) is 0 Å². The lowest BCUT2D eigenvalue weighted by molar-refractivity contribution is 0.170. The number of ether oxygens (including phenoxy) is 2. The second-order valence-corrected chi connectivity index (χ2v) is 7.46. The summed E-state index contributed by atoms with van der Waals surface area (Å²) in [5.74, 6) is 1.55. The number of benzene rings is 2. The van der Waals surface area contributed by atoms with Gasteiger partial charge in [0.05, 0.1) is 6.04 Å². The summed E-state index contributed by atoms with van der Waals surface area (Å²) in [5, 5.41) is 3.04. The van der Waals surface area contributed by atoms with Crippen LogP contribution in [-0.2, 0) is 6.54 Å². The van der Waals surface area contributed by atoms with Crippen molar-refractivity contribution >= 4 is 22.0 Å². The molecule has 136 valence electrons. The van der Waals surface area contributed by atoms with E-state index in [1.54, 1.807) is 0 Å². The van der Waals surface area contributed by atoms with Crippen LogP contribution in [-0.4, -0.2) is 30.7 Å². The van der Waals surface area contributed by atoms with Crippen LogP contribution in [0.5, 0.6) is 11.5 Å². The maximum Gasteiger partial charge on any atom is 0.318 e. The maximum absolute atomic E-state index is 12.7. The molecule has 0 spiro atoms. The molecule has 2 aromatic rings. The number of rotatable bonds is 3. The number of hydrogen-bond donors (Lipinski definition) is 1. The van der Waals surface area contributed by atoms with Crippen molar-refractivity contribution in [1.29, 1.82) is 0 Å². The van der Waals surface area contributed by atoms with Crippen LogP contribution in [0.3, 0.4) is 0 Å². The number of fused-ring (bicyclic) bond motifs is 1. The summed E-state index contributed by atoms with van der Waals surface area (Å²) in [4.78, 5) is 14.6. The summed E-state index contributed by atoms with van der Waals surface area (Å²) < 4.78 is 12.3. The average molecular weight is 417 g/mol. The van der Waals surface area contributed by atoms with Crippen LogP contribution in [0.15, 0.2) is 46.9 Å². The third kappa shape index (κ3) is 3.65. The van der Waals surface area contributed by atoms with E-state index in [1.807, 2.05) is 47.4 Å². The fraction of sp³-hybridized carbons (Fsp3) is 0.350. The van der Waals surface area contributed by atoms with Gasteiger partial charge in [0, 0.05) is 17.6 Å². The molecule has 1 unspecified atom stereocenters. The lowest BCUT2D eigenvalue weighted by atomic mass is 10.0. The Hall–Kier alpha value is -2.21. The molecule has 2 amide bonds. The van der Waals surface area contributed by atoms with Gasteiger partial charge in [0.25, 0.3) is 0 Å². The van der Waals surface area contributed by atoms with Gasteiger partial charge in [-0.05, 0) is 48.2 Å². The van der Waals surface area contributed by atoms with Crippen LogP contribution in [0, 0.1) is 0 Å². The van der Waals surface area contributed by atoms with E-state index in [9.17, 15) is 4.79 Å². The molecule has 1 saturated heterocycles. The fourth-order valence-corrected chi connectivity index (χ4v) is 4.00. The van der Waals surface area contributed by atoms with Crippen molar-refractivity contribution in [3.05, 3.63) is 58.1 Å². The SMILES string of the molecule is O=C(NCc1cccc(Br)c1)N1CCCC1c1ccc2c(c1)OCCO2. The van der Waals surface area contributed by atoms with Crippen molar-refractivity contribution in [1.82, 2.24) is 10.2 Å². The van der Waals surface area contributed by atoms with Crippen LogP contribution in [0.25, 0.3) is 0 Å². The first kappa shape index (κ1) is 17.2. The van der Waals surface area contributed by atoms with Crippen LogP contribution < -0.4 is 14.8 Å². The summed E-state index contributed by atoms with van der Waals surface area (Å²) in [5.41, 5.74) is 2.17. The highest BCUT2D eigenvalue weighted by Crippen LogP contribution is 2.38. The number of carbonyl (C=O) groups is 1. The Labute approximate surface area is 161 Å². The Morgan fingerprint density at radius 1 is 1.15 bits per heavy atom. The van der Waals surface area contributed by atoms with Gasteiger partial charge >= 0.3 is 6.03 Å². The van der Waals surface area contributed by atoms with E-state index in [4.69, 9.17) is 9.47 Å². The number of amides is 2. The van der Waals surface area contributed by atoms with Crippen molar-refractivity contribution in [2.75, 3.05) is 19.8 Å². The summed E-state index contributed by atoms with van der Waals surface area (Å²) in [6, 6.07) is 14.0. The highest BCUT2D eigenvalue weighted by molar-refractivity contribution is 9.10. The van der Waals surface area contributed by atoms with Gasteiger partial charge in [-0.3, -0.25) is 0 Å². The predicted molar refractivity (Wildman–Crippen MR) is 102 cm³/mol. The first-order valence-electron chi connectivity index (χ1n) is 8.89. The summed E-state index contributed by atoms with van der Waals surface area (Å²) in [6.45, 7) is 2.43. The summed E-state index contributed by atoms with van der Waals surface area (Å²) in [7, 11) is 0. The zero-order chi connectivity index (χ0) is 17.9. The van der Waals surface area contributed by atoms with E-state index in [0.717, 1.165) is 46.5 Å². The lowest BCUT2D eigenvalue weighted by Gasteiger charge is -2.27. The van der Waals surface area contributed by atoms with Crippen molar-refractivity contribution in [2.24, 2.45) is 0 Å². The minimum Gasteiger partial charge on any atom is -0.486 e. The normalized spacial score (nSPS) is 18.7. The molecule has 0 aromatic heterocycles. The molecule has 2 aliphatic rings. The molecule has 0 bridgehead atoms. The first-order valence-corrected chi connectivity index (χ1v) is 9.68. The fourth-order valence-electron chi connectivity index (χ4n) is 3.55. The minimum atomic E-state index is -0.0256. The summed E-state index contributed by atoms with van der Waals surface area (Å²) >= 11 is 3.46. The molecule has 0 radical (unpaired) electrons. The zero-order valence-electron chi connectivity index (χ0n) is 14.4. The van der Waals surface area contributed by atoms with Crippen molar-refractivity contribution in [3.63, 3.8) is 0 Å². The van der Waals surface area contributed by atoms with Crippen LogP contribution in [0.4, 0.5) is 4.79 Å². The molecule has 2 aliphatic heterocycles. The minimum absolute atomic E-state index is 0.0256. The monoisotopic (exact) mass is 416 g/mol. The second-order valence-electron chi connectivity index (χ2n) is 6.54. The highest BCUT2D eigenvalue weighted by Gasteiger charge is 2.30. The molecule has 0 aliphatic carbocycles. The molecule has 5 nitrogen and oxygen atoms in total. The van der Waals surface area contributed by atoms with Gasteiger partial charge in [-0.15, -0.1) is 0 Å². The lowest BCUT2D eigenvalue weighted by Crippen LogP contribution is -2.39. The Bertz CT molecular complexity index is 811.